The first-order valence-corrected chi connectivity index (χ1v) is 7.69. The Morgan fingerprint density at radius 2 is 2.09 bits per heavy atom. The second-order valence-corrected chi connectivity index (χ2v) is 5.76. The molecule has 22 heavy (non-hydrogen) atoms. The fraction of sp³-hybridized carbons (Fsp3) is 0.200. The van der Waals surface area contributed by atoms with E-state index in [1.165, 1.54) is 17.5 Å². The summed E-state index contributed by atoms with van der Waals surface area (Å²) in [4.78, 5) is 18.7. The van der Waals surface area contributed by atoms with Crippen molar-refractivity contribution in [2.45, 2.75) is 13.0 Å². The molecule has 0 aliphatic rings. The lowest BCUT2D eigenvalue weighted by atomic mass is 10.2. The van der Waals surface area contributed by atoms with Crippen molar-refractivity contribution in [2.75, 3.05) is 7.05 Å². The average Bonchev–Trinajstić information content (AvgIpc) is 3.24. The van der Waals surface area contributed by atoms with Gasteiger partial charge in [0.15, 0.2) is 5.69 Å². The van der Waals surface area contributed by atoms with E-state index in [0.29, 0.717) is 5.69 Å². The van der Waals surface area contributed by atoms with Gasteiger partial charge in [0.1, 0.15) is 5.01 Å². The van der Waals surface area contributed by atoms with Gasteiger partial charge in [-0.2, -0.15) is 0 Å². The highest BCUT2D eigenvalue weighted by molar-refractivity contribution is 7.09. The molecule has 0 aliphatic carbocycles. The molecule has 0 bridgehead atoms. The normalized spacial score (nSPS) is 12.1. The summed E-state index contributed by atoms with van der Waals surface area (Å²) in [6, 6.07) is 9.37. The van der Waals surface area contributed by atoms with Crippen molar-refractivity contribution >= 4 is 17.2 Å². The molecule has 0 spiro atoms. The van der Waals surface area contributed by atoms with Gasteiger partial charge < -0.3 is 4.90 Å². The zero-order valence-electron chi connectivity index (χ0n) is 12.2. The van der Waals surface area contributed by atoms with Crippen molar-refractivity contribution < 1.29 is 4.79 Å². The van der Waals surface area contributed by atoms with E-state index in [0.717, 1.165) is 10.7 Å². The van der Waals surface area contributed by atoms with Gasteiger partial charge in [-0.1, -0.05) is 23.4 Å². The number of thiazole rings is 1. The van der Waals surface area contributed by atoms with E-state index < -0.39 is 0 Å². The maximum absolute atomic E-state index is 12.7. The number of carbonyl (C=O) groups is 1. The SMILES string of the molecule is CC(c1nccs1)N(C)C(=O)c1cnnn1-c1ccccc1. The molecule has 0 saturated carbocycles. The molecule has 0 saturated heterocycles. The predicted molar refractivity (Wildman–Crippen MR) is 84.0 cm³/mol. The van der Waals surface area contributed by atoms with Crippen LogP contribution >= 0.6 is 11.3 Å². The summed E-state index contributed by atoms with van der Waals surface area (Å²) in [6.45, 7) is 1.95. The number of rotatable bonds is 4. The summed E-state index contributed by atoms with van der Waals surface area (Å²) in [6.07, 6.45) is 3.23. The van der Waals surface area contributed by atoms with Crippen LogP contribution in [0.2, 0.25) is 0 Å². The van der Waals surface area contributed by atoms with Crippen LogP contribution in [0.4, 0.5) is 0 Å². The molecule has 3 rings (SSSR count). The molecule has 2 aromatic heterocycles. The number of carbonyl (C=O) groups excluding carboxylic acids is 1. The minimum atomic E-state index is -0.142. The topological polar surface area (TPSA) is 63.9 Å². The van der Waals surface area contributed by atoms with Crippen LogP contribution in [0, 0.1) is 0 Å². The molecular formula is C15H15N5OS. The van der Waals surface area contributed by atoms with E-state index in [-0.39, 0.29) is 11.9 Å². The number of hydrogen-bond acceptors (Lipinski definition) is 5. The van der Waals surface area contributed by atoms with Crippen molar-refractivity contribution in [2.24, 2.45) is 0 Å². The summed E-state index contributed by atoms with van der Waals surface area (Å²) in [5.41, 5.74) is 1.23. The molecule has 112 valence electrons. The van der Waals surface area contributed by atoms with Crippen LogP contribution in [0.1, 0.15) is 28.5 Å². The molecule has 0 aliphatic heterocycles. The maximum atomic E-state index is 12.7. The van der Waals surface area contributed by atoms with E-state index in [1.54, 1.807) is 22.8 Å². The molecule has 2 heterocycles. The lowest BCUT2D eigenvalue weighted by molar-refractivity contribution is 0.0733. The maximum Gasteiger partial charge on any atom is 0.274 e. The molecule has 1 amide bonds. The van der Waals surface area contributed by atoms with Crippen molar-refractivity contribution in [1.29, 1.82) is 0 Å². The lowest BCUT2D eigenvalue weighted by Gasteiger charge is -2.23. The summed E-state index contributed by atoms with van der Waals surface area (Å²) >= 11 is 1.53. The first-order chi connectivity index (χ1) is 10.7. The van der Waals surface area contributed by atoms with E-state index >= 15 is 0 Å². The standard InChI is InChI=1S/C15H15N5OS/c1-11(14-16-8-9-22-14)19(2)15(21)13-10-17-18-20(13)12-6-4-3-5-7-12/h3-11H,1-2H3. The van der Waals surface area contributed by atoms with Gasteiger partial charge in [0.25, 0.3) is 5.91 Å². The number of aromatic nitrogens is 4. The van der Waals surface area contributed by atoms with Crippen LogP contribution < -0.4 is 0 Å². The molecule has 0 radical (unpaired) electrons. The Hall–Kier alpha value is -2.54. The Bertz CT molecular complexity index is 753. The van der Waals surface area contributed by atoms with E-state index in [2.05, 4.69) is 15.3 Å². The number of benzene rings is 1. The molecule has 1 aromatic carbocycles. The zero-order valence-corrected chi connectivity index (χ0v) is 13.1. The van der Waals surface area contributed by atoms with Gasteiger partial charge in [0.05, 0.1) is 17.9 Å². The van der Waals surface area contributed by atoms with E-state index in [9.17, 15) is 4.79 Å². The Morgan fingerprint density at radius 1 is 1.32 bits per heavy atom. The van der Waals surface area contributed by atoms with Gasteiger partial charge in [0.2, 0.25) is 0 Å². The summed E-state index contributed by atoms with van der Waals surface area (Å²) < 4.78 is 1.55. The first-order valence-electron chi connectivity index (χ1n) is 6.81. The highest BCUT2D eigenvalue weighted by atomic mass is 32.1. The Balaban J connectivity index is 1.89. The molecule has 1 atom stereocenters. The zero-order chi connectivity index (χ0) is 15.5. The first kappa shape index (κ1) is 14.4. The summed E-state index contributed by atoms with van der Waals surface area (Å²) in [5, 5.41) is 10.7. The van der Waals surface area contributed by atoms with E-state index in [4.69, 9.17) is 0 Å². The third-order valence-corrected chi connectivity index (χ3v) is 4.43. The third kappa shape index (κ3) is 2.62. The minimum absolute atomic E-state index is 0.105. The van der Waals surface area contributed by atoms with Crippen LogP contribution in [-0.4, -0.2) is 37.8 Å². The van der Waals surface area contributed by atoms with Crippen molar-refractivity contribution in [1.82, 2.24) is 24.9 Å². The van der Waals surface area contributed by atoms with Crippen LogP contribution in [-0.2, 0) is 0 Å². The second kappa shape index (κ2) is 6.07. The van der Waals surface area contributed by atoms with Crippen LogP contribution in [0.15, 0.2) is 48.1 Å². The number of amides is 1. The second-order valence-electron chi connectivity index (χ2n) is 4.83. The monoisotopic (exact) mass is 313 g/mol. The highest BCUT2D eigenvalue weighted by Crippen LogP contribution is 2.22. The molecule has 0 N–H and O–H groups in total. The predicted octanol–water partition coefficient (Wildman–Crippen LogP) is 2.56. The molecular weight excluding hydrogens is 298 g/mol. The minimum Gasteiger partial charge on any atom is -0.331 e. The molecule has 6 nitrogen and oxygen atoms in total. The highest BCUT2D eigenvalue weighted by Gasteiger charge is 2.24. The van der Waals surface area contributed by atoms with Gasteiger partial charge in [-0.15, -0.1) is 16.4 Å². The smallest absolute Gasteiger partial charge is 0.274 e. The van der Waals surface area contributed by atoms with Gasteiger partial charge in [-0.3, -0.25) is 4.79 Å². The number of nitrogens with zero attached hydrogens (tertiary/aromatic N) is 5. The number of hydrogen-bond donors (Lipinski definition) is 0. The Labute approximate surface area is 132 Å². The van der Waals surface area contributed by atoms with Crippen molar-refractivity contribution in [3.63, 3.8) is 0 Å². The summed E-state index contributed by atoms with van der Waals surface area (Å²) in [5.74, 6) is -0.142. The fourth-order valence-corrected chi connectivity index (χ4v) is 2.84. The average molecular weight is 313 g/mol. The van der Waals surface area contributed by atoms with Gasteiger partial charge >= 0.3 is 0 Å². The molecule has 1 unspecified atom stereocenters. The summed E-state index contributed by atoms with van der Waals surface area (Å²) in [7, 11) is 1.76. The van der Waals surface area contributed by atoms with Gasteiger partial charge in [-0.05, 0) is 19.1 Å². The fourth-order valence-electron chi connectivity index (χ4n) is 2.10. The number of para-hydroxylation sites is 1. The third-order valence-electron chi connectivity index (χ3n) is 3.48. The molecule has 0 fully saturated rings. The van der Waals surface area contributed by atoms with E-state index in [1.807, 2.05) is 42.6 Å². The van der Waals surface area contributed by atoms with Crippen molar-refractivity contribution in [3.05, 3.63) is 58.8 Å². The van der Waals surface area contributed by atoms with Gasteiger partial charge in [-0.25, -0.2) is 9.67 Å². The van der Waals surface area contributed by atoms with Gasteiger partial charge in [0, 0.05) is 18.6 Å². The molecule has 7 heteroatoms. The van der Waals surface area contributed by atoms with Crippen molar-refractivity contribution in [3.8, 4) is 5.69 Å². The largest absolute Gasteiger partial charge is 0.331 e. The quantitative estimate of drug-likeness (QED) is 0.742. The Kier molecular flexibility index (Phi) is 3.97. The van der Waals surface area contributed by atoms with Crippen LogP contribution in [0.25, 0.3) is 5.69 Å². The lowest BCUT2D eigenvalue weighted by Crippen LogP contribution is -2.31. The van der Waals surface area contributed by atoms with Crippen LogP contribution in [0.5, 0.6) is 0 Å². The van der Waals surface area contributed by atoms with Crippen LogP contribution in [0.3, 0.4) is 0 Å². The Morgan fingerprint density at radius 3 is 2.77 bits per heavy atom. The molecule has 3 aromatic rings.